The van der Waals surface area contributed by atoms with Crippen LogP contribution in [0, 0.1) is 6.92 Å². The SMILES string of the molecule is Cc1c(C(=O)NC2(C)CCS(=O)(=O)CC2)nc2ccc(Oc3ncc(C(C)C)cc3OCC(F)(F)F)cn12. The van der Waals surface area contributed by atoms with Crippen LogP contribution in [0.15, 0.2) is 30.6 Å². The summed E-state index contributed by atoms with van der Waals surface area (Å²) >= 11 is 0. The summed E-state index contributed by atoms with van der Waals surface area (Å²) in [6.45, 7) is 5.78. The number of hydrogen-bond donors (Lipinski definition) is 1. The van der Waals surface area contributed by atoms with Gasteiger partial charge in [-0.15, -0.1) is 0 Å². The lowest BCUT2D eigenvalue weighted by Gasteiger charge is -2.34. The summed E-state index contributed by atoms with van der Waals surface area (Å²) in [6.07, 6.45) is -0.840. The molecule has 0 bridgehead atoms. The van der Waals surface area contributed by atoms with E-state index in [1.807, 2.05) is 20.8 Å². The summed E-state index contributed by atoms with van der Waals surface area (Å²) in [5.74, 6) is -0.419. The molecular formula is C25H29F3N4O5S. The minimum absolute atomic E-state index is 0.00941. The molecule has 0 saturated carbocycles. The molecule has 1 aliphatic rings. The zero-order valence-electron chi connectivity index (χ0n) is 21.4. The van der Waals surface area contributed by atoms with E-state index < -0.39 is 34.1 Å². The van der Waals surface area contributed by atoms with Gasteiger partial charge in [-0.1, -0.05) is 13.8 Å². The summed E-state index contributed by atoms with van der Waals surface area (Å²) in [5, 5.41) is 2.92. The fraction of sp³-hybridized carbons (Fsp3) is 0.480. The molecule has 0 radical (unpaired) electrons. The van der Waals surface area contributed by atoms with Crippen LogP contribution in [0.25, 0.3) is 5.65 Å². The lowest BCUT2D eigenvalue weighted by molar-refractivity contribution is -0.153. The van der Waals surface area contributed by atoms with E-state index >= 15 is 0 Å². The molecule has 1 amide bonds. The Labute approximate surface area is 218 Å². The first-order chi connectivity index (χ1) is 17.6. The maximum Gasteiger partial charge on any atom is 0.422 e. The van der Waals surface area contributed by atoms with E-state index in [9.17, 15) is 26.4 Å². The Morgan fingerprint density at radius 3 is 2.55 bits per heavy atom. The van der Waals surface area contributed by atoms with Crippen LogP contribution >= 0.6 is 0 Å². The molecule has 3 aromatic rings. The third kappa shape index (κ3) is 6.37. The molecule has 206 valence electrons. The Hall–Kier alpha value is -3.35. The first-order valence-corrected chi connectivity index (χ1v) is 13.9. The topological polar surface area (TPSA) is 112 Å². The summed E-state index contributed by atoms with van der Waals surface area (Å²) in [5.41, 5.74) is 1.15. The number of alkyl halides is 3. The highest BCUT2D eigenvalue weighted by atomic mass is 32.2. The zero-order chi connectivity index (χ0) is 27.9. The van der Waals surface area contributed by atoms with Gasteiger partial charge in [0.15, 0.2) is 12.4 Å². The average Bonchev–Trinajstić information content (AvgIpc) is 3.16. The van der Waals surface area contributed by atoms with Crippen molar-refractivity contribution in [2.75, 3.05) is 18.1 Å². The molecule has 3 aromatic heterocycles. The number of carbonyl (C=O) groups excluding carboxylic acids is 1. The maximum atomic E-state index is 13.0. The predicted molar refractivity (Wildman–Crippen MR) is 134 cm³/mol. The molecule has 0 unspecified atom stereocenters. The number of fused-ring (bicyclic) bond motifs is 1. The fourth-order valence-electron chi connectivity index (χ4n) is 4.08. The Morgan fingerprint density at radius 1 is 1.24 bits per heavy atom. The van der Waals surface area contributed by atoms with Gasteiger partial charge in [-0.3, -0.25) is 9.20 Å². The summed E-state index contributed by atoms with van der Waals surface area (Å²) in [7, 11) is -3.09. The maximum absolute atomic E-state index is 13.0. The van der Waals surface area contributed by atoms with Gasteiger partial charge in [-0.2, -0.15) is 13.2 Å². The highest BCUT2D eigenvalue weighted by Gasteiger charge is 2.35. The number of aryl methyl sites for hydroxylation is 1. The number of amides is 1. The second-order valence-corrected chi connectivity index (χ2v) is 12.3. The number of halogens is 3. The molecule has 1 saturated heterocycles. The normalized spacial score (nSPS) is 16.9. The van der Waals surface area contributed by atoms with E-state index in [4.69, 9.17) is 9.47 Å². The van der Waals surface area contributed by atoms with Crippen molar-refractivity contribution in [3.8, 4) is 17.4 Å². The zero-order valence-corrected chi connectivity index (χ0v) is 22.2. The van der Waals surface area contributed by atoms with Crippen LogP contribution in [0.5, 0.6) is 17.4 Å². The second-order valence-electron chi connectivity index (χ2n) is 10.0. The van der Waals surface area contributed by atoms with Gasteiger partial charge in [0, 0.05) is 11.7 Å². The number of imidazole rings is 1. The molecule has 13 heteroatoms. The van der Waals surface area contributed by atoms with Gasteiger partial charge in [0.1, 0.15) is 26.9 Å². The molecule has 1 aliphatic heterocycles. The molecule has 4 heterocycles. The number of nitrogens with one attached hydrogen (secondary N) is 1. The standard InChI is InChI=1S/C25H29F3N4O5S/c1-15(2)17-11-19(36-14-25(26,27)28)23(29-12-17)37-18-5-6-20-30-21(16(3)32(20)13-18)22(33)31-24(4)7-9-38(34,35)10-8-24/h5-6,11-13,15H,7-10,14H2,1-4H3,(H,31,33). The van der Waals surface area contributed by atoms with Gasteiger partial charge in [0.25, 0.3) is 11.8 Å². The Morgan fingerprint density at radius 2 is 1.92 bits per heavy atom. The van der Waals surface area contributed by atoms with E-state index in [1.54, 1.807) is 29.7 Å². The molecule has 4 rings (SSSR count). The molecule has 0 atom stereocenters. The van der Waals surface area contributed by atoms with Crippen molar-refractivity contribution in [2.45, 2.75) is 58.2 Å². The largest absolute Gasteiger partial charge is 0.478 e. The lowest BCUT2D eigenvalue weighted by atomic mass is 9.94. The number of carbonyl (C=O) groups is 1. The lowest BCUT2D eigenvalue weighted by Crippen LogP contribution is -2.51. The molecule has 9 nitrogen and oxygen atoms in total. The van der Waals surface area contributed by atoms with Crippen molar-refractivity contribution in [3.05, 3.63) is 47.5 Å². The fourth-order valence-corrected chi connectivity index (χ4v) is 5.81. The Balaban J connectivity index is 1.57. The summed E-state index contributed by atoms with van der Waals surface area (Å²) in [6, 6.07) is 4.63. The van der Waals surface area contributed by atoms with Crippen molar-refractivity contribution in [1.82, 2.24) is 19.7 Å². The van der Waals surface area contributed by atoms with E-state index in [0.29, 0.717) is 29.7 Å². The van der Waals surface area contributed by atoms with Gasteiger partial charge >= 0.3 is 6.18 Å². The monoisotopic (exact) mass is 554 g/mol. The molecule has 1 N–H and O–H groups in total. The summed E-state index contributed by atoms with van der Waals surface area (Å²) < 4.78 is 74.3. The van der Waals surface area contributed by atoms with Crippen molar-refractivity contribution < 1.29 is 35.9 Å². The number of aromatic nitrogens is 3. The molecule has 38 heavy (non-hydrogen) atoms. The van der Waals surface area contributed by atoms with Crippen LogP contribution in [0.3, 0.4) is 0 Å². The second kappa shape index (κ2) is 10.1. The van der Waals surface area contributed by atoms with Gasteiger partial charge in [-0.25, -0.2) is 18.4 Å². The number of rotatable bonds is 7. The van der Waals surface area contributed by atoms with Crippen molar-refractivity contribution >= 4 is 21.4 Å². The smallest absolute Gasteiger partial charge is 0.422 e. The molecular weight excluding hydrogens is 525 g/mol. The van der Waals surface area contributed by atoms with Gasteiger partial charge in [0.05, 0.1) is 23.4 Å². The van der Waals surface area contributed by atoms with E-state index in [2.05, 4.69) is 15.3 Å². The molecule has 1 fully saturated rings. The highest BCUT2D eigenvalue weighted by molar-refractivity contribution is 7.91. The van der Waals surface area contributed by atoms with E-state index in [-0.39, 0.29) is 40.5 Å². The first kappa shape index (κ1) is 27.7. The Kier molecular flexibility index (Phi) is 7.34. The van der Waals surface area contributed by atoms with Crippen LogP contribution in [-0.4, -0.2) is 58.5 Å². The van der Waals surface area contributed by atoms with E-state index in [0.717, 1.165) is 0 Å². The van der Waals surface area contributed by atoms with Crippen LogP contribution in [0.4, 0.5) is 13.2 Å². The highest BCUT2D eigenvalue weighted by Crippen LogP contribution is 2.34. The third-order valence-corrected chi connectivity index (χ3v) is 8.15. The van der Waals surface area contributed by atoms with Crippen LogP contribution in [0.2, 0.25) is 0 Å². The minimum atomic E-state index is -4.53. The average molecular weight is 555 g/mol. The minimum Gasteiger partial charge on any atom is -0.478 e. The van der Waals surface area contributed by atoms with Crippen LogP contribution in [-0.2, 0) is 9.84 Å². The number of pyridine rings is 2. The molecule has 0 aliphatic carbocycles. The Bertz CT molecular complexity index is 1450. The first-order valence-electron chi connectivity index (χ1n) is 12.0. The number of sulfone groups is 1. The van der Waals surface area contributed by atoms with Crippen molar-refractivity contribution in [2.24, 2.45) is 0 Å². The van der Waals surface area contributed by atoms with Crippen molar-refractivity contribution in [1.29, 1.82) is 0 Å². The van der Waals surface area contributed by atoms with Gasteiger partial charge in [0.2, 0.25) is 0 Å². The number of hydrogen-bond acceptors (Lipinski definition) is 7. The summed E-state index contributed by atoms with van der Waals surface area (Å²) in [4.78, 5) is 21.6. The number of ether oxygens (including phenoxy) is 2. The van der Waals surface area contributed by atoms with Crippen LogP contribution < -0.4 is 14.8 Å². The quantitative estimate of drug-likeness (QED) is 0.455. The number of nitrogens with zero attached hydrogens (tertiary/aromatic N) is 3. The van der Waals surface area contributed by atoms with E-state index in [1.165, 1.54) is 12.3 Å². The predicted octanol–water partition coefficient (Wildman–Crippen LogP) is 4.59. The third-order valence-electron chi connectivity index (χ3n) is 6.50. The molecule has 0 spiro atoms. The van der Waals surface area contributed by atoms with Gasteiger partial charge in [-0.05, 0) is 56.4 Å². The van der Waals surface area contributed by atoms with Crippen molar-refractivity contribution in [3.63, 3.8) is 0 Å². The van der Waals surface area contributed by atoms with Crippen LogP contribution in [0.1, 0.15) is 61.3 Å². The molecule has 0 aromatic carbocycles. The van der Waals surface area contributed by atoms with Gasteiger partial charge < -0.3 is 14.8 Å².